The third kappa shape index (κ3) is 4.36. The minimum atomic E-state index is 0.240. The Bertz CT molecular complexity index is 773. The van der Waals surface area contributed by atoms with Gasteiger partial charge < -0.3 is 9.57 Å². The van der Waals surface area contributed by atoms with Crippen molar-refractivity contribution in [2.45, 2.75) is 33.3 Å². The standard InChI is InChI=1S/C20H22N2O2/c1-14(2)17-9-15(3)10-18(11-17)24-13-16-7-5-6-8-19(16)20(12-21)22-23-4/h5-11,14H,13H2,1-4H3. The highest BCUT2D eigenvalue weighted by molar-refractivity contribution is 6.12. The maximum atomic E-state index is 9.25. The van der Waals surface area contributed by atoms with E-state index in [1.165, 1.54) is 18.2 Å². The van der Waals surface area contributed by atoms with Crippen molar-refractivity contribution in [1.82, 2.24) is 0 Å². The summed E-state index contributed by atoms with van der Waals surface area (Å²) in [6, 6.07) is 15.9. The lowest BCUT2D eigenvalue weighted by atomic mass is 10.0. The second kappa shape index (κ2) is 8.16. The molecule has 0 N–H and O–H groups in total. The van der Waals surface area contributed by atoms with Gasteiger partial charge in [0.15, 0.2) is 5.71 Å². The van der Waals surface area contributed by atoms with Crippen molar-refractivity contribution in [3.63, 3.8) is 0 Å². The van der Waals surface area contributed by atoms with E-state index in [1.54, 1.807) is 0 Å². The van der Waals surface area contributed by atoms with E-state index >= 15 is 0 Å². The summed E-state index contributed by atoms with van der Waals surface area (Å²) in [7, 11) is 1.43. The van der Waals surface area contributed by atoms with Gasteiger partial charge >= 0.3 is 0 Å². The summed E-state index contributed by atoms with van der Waals surface area (Å²) < 4.78 is 5.97. The Balaban J connectivity index is 2.25. The Morgan fingerprint density at radius 3 is 2.62 bits per heavy atom. The Kier molecular flexibility index (Phi) is 5.97. The maximum absolute atomic E-state index is 9.25. The molecule has 0 saturated carbocycles. The molecule has 0 aliphatic rings. The molecule has 4 heteroatoms. The van der Waals surface area contributed by atoms with Gasteiger partial charge in [-0.1, -0.05) is 49.3 Å². The van der Waals surface area contributed by atoms with Crippen LogP contribution in [0.3, 0.4) is 0 Å². The fourth-order valence-electron chi connectivity index (χ4n) is 2.45. The topological polar surface area (TPSA) is 54.6 Å². The molecular formula is C20H22N2O2. The van der Waals surface area contributed by atoms with Gasteiger partial charge in [0.05, 0.1) is 0 Å². The highest BCUT2D eigenvalue weighted by atomic mass is 16.6. The van der Waals surface area contributed by atoms with Crippen molar-refractivity contribution < 1.29 is 9.57 Å². The predicted octanol–water partition coefficient (Wildman–Crippen LogP) is 4.57. The zero-order valence-corrected chi connectivity index (χ0v) is 14.5. The number of benzene rings is 2. The molecule has 0 aromatic heterocycles. The van der Waals surface area contributed by atoms with Crippen LogP contribution in [0.5, 0.6) is 5.75 Å². The molecule has 0 aliphatic heterocycles. The fraction of sp³-hybridized carbons (Fsp3) is 0.300. The molecule has 2 aromatic carbocycles. The molecule has 0 fully saturated rings. The molecule has 4 nitrogen and oxygen atoms in total. The van der Waals surface area contributed by atoms with Crippen molar-refractivity contribution in [3.8, 4) is 11.8 Å². The summed E-state index contributed by atoms with van der Waals surface area (Å²) in [6.45, 7) is 6.75. The highest BCUT2D eigenvalue weighted by Gasteiger charge is 2.11. The smallest absolute Gasteiger partial charge is 0.187 e. The van der Waals surface area contributed by atoms with E-state index < -0.39 is 0 Å². The minimum absolute atomic E-state index is 0.240. The van der Waals surface area contributed by atoms with Crippen molar-refractivity contribution in [2.75, 3.05) is 7.11 Å². The molecule has 124 valence electrons. The lowest BCUT2D eigenvalue weighted by Gasteiger charge is -2.13. The van der Waals surface area contributed by atoms with E-state index in [-0.39, 0.29) is 5.71 Å². The van der Waals surface area contributed by atoms with Crippen LogP contribution in [-0.2, 0) is 11.4 Å². The number of nitriles is 1. The number of hydrogen-bond acceptors (Lipinski definition) is 4. The van der Waals surface area contributed by atoms with Gasteiger partial charge in [-0.25, -0.2) is 0 Å². The maximum Gasteiger partial charge on any atom is 0.187 e. The van der Waals surface area contributed by atoms with E-state index in [1.807, 2.05) is 30.3 Å². The largest absolute Gasteiger partial charge is 0.489 e. The molecule has 0 unspecified atom stereocenters. The summed E-state index contributed by atoms with van der Waals surface area (Å²) in [5.74, 6) is 1.27. The zero-order chi connectivity index (χ0) is 17.5. The number of aryl methyl sites for hydroxylation is 1. The van der Waals surface area contributed by atoms with Gasteiger partial charge in [-0.05, 0) is 41.7 Å². The first-order valence-corrected chi connectivity index (χ1v) is 7.89. The molecule has 0 radical (unpaired) electrons. The average Bonchev–Trinajstić information content (AvgIpc) is 2.57. The summed E-state index contributed by atoms with van der Waals surface area (Å²) in [5, 5.41) is 13.0. The predicted molar refractivity (Wildman–Crippen MR) is 95.2 cm³/mol. The molecule has 2 aromatic rings. The zero-order valence-electron chi connectivity index (χ0n) is 14.5. The highest BCUT2D eigenvalue weighted by Crippen LogP contribution is 2.24. The Labute approximate surface area is 143 Å². The normalized spacial score (nSPS) is 11.2. The Morgan fingerprint density at radius 1 is 1.21 bits per heavy atom. The van der Waals surface area contributed by atoms with Crippen LogP contribution in [0.4, 0.5) is 0 Å². The molecule has 2 rings (SSSR count). The van der Waals surface area contributed by atoms with Gasteiger partial charge in [-0.3, -0.25) is 0 Å². The molecule has 24 heavy (non-hydrogen) atoms. The second-order valence-electron chi connectivity index (χ2n) is 5.91. The molecule has 0 saturated heterocycles. The first-order valence-electron chi connectivity index (χ1n) is 7.89. The van der Waals surface area contributed by atoms with Crippen LogP contribution in [0, 0.1) is 18.3 Å². The third-order valence-corrected chi connectivity index (χ3v) is 3.70. The molecular weight excluding hydrogens is 300 g/mol. The van der Waals surface area contributed by atoms with Gasteiger partial charge in [-0.2, -0.15) is 5.26 Å². The van der Waals surface area contributed by atoms with E-state index in [0.29, 0.717) is 12.5 Å². The summed E-state index contributed by atoms with van der Waals surface area (Å²) in [6.07, 6.45) is 0. The van der Waals surface area contributed by atoms with Crippen molar-refractivity contribution in [1.29, 1.82) is 5.26 Å². The van der Waals surface area contributed by atoms with Crippen LogP contribution in [0.1, 0.15) is 42.0 Å². The summed E-state index contributed by atoms with van der Waals surface area (Å²) in [5.41, 5.74) is 4.27. The van der Waals surface area contributed by atoms with Crippen LogP contribution in [0.2, 0.25) is 0 Å². The number of oxime groups is 1. The Morgan fingerprint density at radius 2 is 1.96 bits per heavy atom. The van der Waals surface area contributed by atoms with Crippen LogP contribution in [0.25, 0.3) is 0 Å². The Hall–Kier alpha value is -2.80. The molecule has 0 bridgehead atoms. The third-order valence-electron chi connectivity index (χ3n) is 3.70. The van der Waals surface area contributed by atoms with Crippen LogP contribution in [-0.4, -0.2) is 12.8 Å². The van der Waals surface area contributed by atoms with E-state index in [2.05, 4.69) is 44.1 Å². The van der Waals surface area contributed by atoms with E-state index in [4.69, 9.17) is 9.57 Å². The molecule has 0 heterocycles. The van der Waals surface area contributed by atoms with Crippen LogP contribution < -0.4 is 4.74 Å². The van der Waals surface area contributed by atoms with Crippen LogP contribution >= 0.6 is 0 Å². The van der Waals surface area contributed by atoms with Gasteiger partial charge in [0.2, 0.25) is 0 Å². The van der Waals surface area contributed by atoms with Gasteiger partial charge in [0.1, 0.15) is 25.5 Å². The monoisotopic (exact) mass is 322 g/mol. The number of hydrogen-bond donors (Lipinski definition) is 0. The molecule has 0 spiro atoms. The second-order valence-corrected chi connectivity index (χ2v) is 5.91. The molecule has 0 amide bonds. The van der Waals surface area contributed by atoms with Gasteiger partial charge in [0, 0.05) is 5.56 Å². The first-order chi connectivity index (χ1) is 11.5. The van der Waals surface area contributed by atoms with E-state index in [0.717, 1.165) is 16.9 Å². The lowest BCUT2D eigenvalue weighted by Crippen LogP contribution is -2.06. The average molecular weight is 322 g/mol. The number of ether oxygens (including phenoxy) is 1. The lowest BCUT2D eigenvalue weighted by molar-refractivity contribution is 0.214. The summed E-state index contributed by atoms with van der Waals surface area (Å²) in [4.78, 5) is 4.75. The molecule has 0 atom stereocenters. The molecule has 0 aliphatic carbocycles. The van der Waals surface area contributed by atoms with Crippen molar-refractivity contribution in [2.24, 2.45) is 5.16 Å². The fourth-order valence-corrected chi connectivity index (χ4v) is 2.45. The summed E-state index contributed by atoms with van der Waals surface area (Å²) >= 11 is 0. The first kappa shape index (κ1) is 17.6. The van der Waals surface area contributed by atoms with Crippen molar-refractivity contribution >= 4 is 5.71 Å². The number of rotatable bonds is 6. The number of nitrogens with zero attached hydrogens (tertiary/aromatic N) is 2. The quantitative estimate of drug-likeness (QED) is 0.578. The minimum Gasteiger partial charge on any atom is -0.489 e. The van der Waals surface area contributed by atoms with Gasteiger partial charge in [0.25, 0.3) is 0 Å². The van der Waals surface area contributed by atoms with Gasteiger partial charge in [-0.15, -0.1) is 0 Å². The van der Waals surface area contributed by atoms with Crippen LogP contribution in [0.15, 0.2) is 47.6 Å². The SMILES string of the molecule is CON=C(C#N)c1ccccc1COc1cc(C)cc(C(C)C)c1. The van der Waals surface area contributed by atoms with Crippen molar-refractivity contribution in [3.05, 3.63) is 64.7 Å². The van der Waals surface area contributed by atoms with E-state index in [9.17, 15) is 5.26 Å².